The molecule has 1 aromatic rings. The van der Waals surface area contributed by atoms with Gasteiger partial charge >= 0.3 is 0 Å². The quantitative estimate of drug-likeness (QED) is 0.831. The lowest BCUT2D eigenvalue weighted by molar-refractivity contribution is -0.131. The minimum atomic E-state index is -0.223. The Bertz CT molecular complexity index is 418. The van der Waals surface area contributed by atoms with E-state index in [9.17, 15) is 4.79 Å². The Morgan fingerprint density at radius 2 is 2.00 bits per heavy atom. The number of nitrogens with zero attached hydrogens (tertiary/aromatic N) is 1. The summed E-state index contributed by atoms with van der Waals surface area (Å²) in [5.41, 5.74) is 6.97. The van der Waals surface area contributed by atoms with Crippen LogP contribution in [-0.2, 0) is 9.53 Å². The normalized spacial score (nSPS) is 17.0. The van der Waals surface area contributed by atoms with Crippen molar-refractivity contribution >= 4 is 17.3 Å². The number of ether oxygens (including phenoxy) is 1. The van der Waals surface area contributed by atoms with E-state index >= 15 is 0 Å². The van der Waals surface area contributed by atoms with E-state index in [0.29, 0.717) is 12.1 Å². The van der Waals surface area contributed by atoms with Crippen LogP contribution in [-0.4, -0.2) is 25.7 Å². The third kappa shape index (κ3) is 2.48. The summed E-state index contributed by atoms with van der Waals surface area (Å²) in [4.78, 5) is 13.9. The van der Waals surface area contributed by atoms with E-state index in [-0.39, 0.29) is 11.5 Å². The fourth-order valence-corrected chi connectivity index (χ4v) is 2.26. The average Bonchev–Trinajstić information content (AvgIpc) is 2.33. The van der Waals surface area contributed by atoms with Gasteiger partial charge in [0.2, 0.25) is 5.91 Å². The SMILES string of the molecule is COC1(CC(=O)N(C)c2ccc(N)cc2)CCC1. The Labute approximate surface area is 108 Å². The number of carbonyl (C=O) groups excluding carboxylic acids is 1. The van der Waals surface area contributed by atoms with Gasteiger partial charge < -0.3 is 15.4 Å². The van der Waals surface area contributed by atoms with Gasteiger partial charge in [-0.2, -0.15) is 0 Å². The van der Waals surface area contributed by atoms with Gasteiger partial charge in [0, 0.05) is 25.5 Å². The monoisotopic (exact) mass is 248 g/mol. The van der Waals surface area contributed by atoms with Crippen molar-refractivity contribution in [3.05, 3.63) is 24.3 Å². The summed E-state index contributed by atoms with van der Waals surface area (Å²) < 4.78 is 5.48. The predicted molar refractivity (Wildman–Crippen MR) is 72.5 cm³/mol. The molecule has 18 heavy (non-hydrogen) atoms. The molecule has 98 valence electrons. The number of benzene rings is 1. The molecule has 0 radical (unpaired) electrons. The Kier molecular flexibility index (Phi) is 3.57. The number of hydrogen-bond donors (Lipinski definition) is 1. The van der Waals surface area contributed by atoms with Crippen LogP contribution in [0, 0.1) is 0 Å². The van der Waals surface area contributed by atoms with E-state index in [2.05, 4.69) is 0 Å². The van der Waals surface area contributed by atoms with Gasteiger partial charge in [-0.3, -0.25) is 4.79 Å². The van der Waals surface area contributed by atoms with Crippen molar-refractivity contribution in [1.82, 2.24) is 0 Å². The number of nitrogen functional groups attached to an aromatic ring is 1. The van der Waals surface area contributed by atoms with Crippen LogP contribution in [0.25, 0.3) is 0 Å². The smallest absolute Gasteiger partial charge is 0.229 e. The van der Waals surface area contributed by atoms with Crippen molar-refractivity contribution < 1.29 is 9.53 Å². The molecule has 4 heteroatoms. The number of methoxy groups -OCH3 is 1. The van der Waals surface area contributed by atoms with Crippen molar-refractivity contribution in [2.45, 2.75) is 31.3 Å². The van der Waals surface area contributed by atoms with E-state index in [4.69, 9.17) is 10.5 Å². The van der Waals surface area contributed by atoms with Gasteiger partial charge in [-0.25, -0.2) is 0 Å². The molecular formula is C14H20N2O2. The van der Waals surface area contributed by atoms with Crippen molar-refractivity contribution in [2.75, 3.05) is 24.8 Å². The van der Waals surface area contributed by atoms with E-state index < -0.39 is 0 Å². The number of rotatable bonds is 4. The van der Waals surface area contributed by atoms with Crippen LogP contribution in [0.1, 0.15) is 25.7 Å². The zero-order valence-corrected chi connectivity index (χ0v) is 11.0. The van der Waals surface area contributed by atoms with Crippen LogP contribution in [0.15, 0.2) is 24.3 Å². The van der Waals surface area contributed by atoms with Crippen molar-refractivity contribution in [1.29, 1.82) is 0 Å². The van der Waals surface area contributed by atoms with E-state index in [1.807, 2.05) is 12.1 Å². The maximum absolute atomic E-state index is 12.2. The zero-order chi connectivity index (χ0) is 13.2. The minimum Gasteiger partial charge on any atom is -0.399 e. The zero-order valence-electron chi connectivity index (χ0n) is 11.0. The number of anilines is 2. The Morgan fingerprint density at radius 1 is 1.39 bits per heavy atom. The second-order valence-electron chi connectivity index (χ2n) is 4.96. The van der Waals surface area contributed by atoms with Crippen LogP contribution < -0.4 is 10.6 Å². The Morgan fingerprint density at radius 3 is 2.44 bits per heavy atom. The molecular weight excluding hydrogens is 228 g/mol. The highest BCUT2D eigenvalue weighted by molar-refractivity contribution is 5.93. The van der Waals surface area contributed by atoms with Crippen molar-refractivity contribution in [3.8, 4) is 0 Å². The summed E-state index contributed by atoms with van der Waals surface area (Å²) in [5, 5.41) is 0. The van der Waals surface area contributed by atoms with Crippen LogP contribution in [0.5, 0.6) is 0 Å². The van der Waals surface area contributed by atoms with Gasteiger partial charge in [-0.05, 0) is 43.5 Å². The van der Waals surface area contributed by atoms with E-state index in [0.717, 1.165) is 24.9 Å². The van der Waals surface area contributed by atoms with Crippen LogP contribution >= 0.6 is 0 Å². The molecule has 1 aliphatic rings. The molecule has 2 N–H and O–H groups in total. The highest BCUT2D eigenvalue weighted by atomic mass is 16.5. The summed E-state index contributed by atoms with van der Waals surface area (Å²) in [6.07, 6.45) is 3.55. The van der Waals surface area contributed by atoms with E-state index in [1.54, 1.807) is 31.2 Å². The van der Waals surface area contributed by atoms with Gasteiger partial charge in [0.1, 0.15) is 0 Å². The highest BCUT2D eigenvalue weighted by Crippen LogP contribution is 2.38. The molecule has 0 bridgehead atoms. The van der Waals surface area contributed by atoms with Crippen molar-refractivity contribution in [3.63, 3.8) is 0 Å². The lowest BCUT2D eigenvalue weighted by Gasteiger charge is -2.40. The molecule has 0 atom stereocenters. The van der Waals surface area contributed by atoms with Gasteiger partial charge in [0.25, 0.3) is 0 Å². The second kappa shape index (κ2) is 4.98. The number of nitrogens with two attached hydrogens (primary N) is 1. The summed E-state index contributed by atoms with van der Waals surface area (Å²) in [7, 11) is 3.48. The standard InChI is InChI=1S/C14H20N2O2/c1-16(12-6-4-11(15)5-7-12)13(17)10-14(18-2)8-3-9-14/h4-7H,3,8-10,15H2,1-2H3. The van der Waals surface area contributed by atoms with Crippen LogP contribution in [0.3, 0.4) is 0 Å². The molecule has 1 saturated carbocycles. The largest absolute Gasteiger partial charge is 0.399 e. The molecule has 0 spiro atoms. The summed E-state index contributed by atoms with van der Waals surface area (Å²) >= 11 is 0. The molecule has 1 amide bonds. The molecule has 2 rings (SSSR count). The number of amides is 1. The molecule has 0 saturated heterocycles. The summed E-state index contributed by atoms with van der Waals surface area (Å²) in [5.74, 6) is 0.0846. The average molecular weight is 248 g/mol. The van der Waals surface area contributed by atoms with Crippen LogP contribution in [0.2, 0.25) is 0 Å². The number of carbonyl (C=O) groups is 1. The van der Waals surface area contributed by atoms with Gasteiger partial charge in [-0.15, -0.1) is 0 Å². The number of hydrogen-bond acceptors (Lipinski definition) is 3. The lowest BCUT2D eigenvalue weighted by atomic mass is 9.77. The first-order valence-corrected chi connectivity index (χ1v) is 6.24. The predicted octanol–water partition coefficient (Wildman–Crippen LogP) is 2.19. The maximum atomic E-state index is 12.2. The first kappa shape index (κ1) is 12.9. The maximum Gasteiger partial charge on any atom is 0.229 e. The molecule has 0 heterocycles. The fraction of sp³-hybridized carbons (Fsp3) is 0.500. The molecule has 0 aromatic heterocycles. The van der Waals surface area contributed by atoms with Gasteiger partial charge in [0.05, 0.1) is 12.0 Å². The molecule has 1 aliphatic carbocycles. The Balaban J connectivity index is 2.02. The first-order chi connectivity index (χ1) is 8.56. The van der Waals surface area contributed by atoms with Gasteiger partial charge in [0.15, 0.2) is 0 Å². The fourth-order valence-electron chi connectivity index (χ4n) is 2.26. The Hall–Kier alpha value is -1.55. The van der Waals surface area contributed by atoms with E-state index in [1.165, 1.54) is 0 Å². The second-order valence-corrected chi connectivity index (χ2v) is 4.96. The first-order valence-electron chi connectivity index (χ1n) is 6.24. The molecule has 0 aliphatic heterocycles. The summed E-state index contributed by atoms with van der Waals surface area (Å²) in [6, 6.07) is 7.31. The molecule has 0 unspecified atom stereocenters. The molecule has 1 aromatic carbocycles. The lowest BCUT2D eigenvalue weighted by Crippen LogP contribution is -2.44. The van der Waals surface area contributed by atoms with Crippen LogP contribution in [0.4, 0.5) is 11.4 Å². The molecule has 4 nitrogen and oxygen atoms in total. The summed E-state index contributed by atoms with van der Waals surface area (Å²) in [6.45, 7) is 0. The van der Waals surface area contributed by atoms with Crippen molar-refractivity contribution in [2.24, 2.45) is 0 Å². The molecule has 1 fully saturated rings. The highest BCUT2D eigenvalue weighted by Gasteiger charge is 2.39. The third-order valence-corrected chi connectivity index (χ3v) is 3.83. The third-order valence-electron chi connectivity index (χ3n) is 3.83. The topological polar surface area (TPSA) is 55.6 Å². The van der Waals surface area contributed by atoms with Gasteiger partial charge in [-0.1, -0.05) is 0 Å². The minimum absolute atomic E-state index is 0.0846.